The second-order valence-corrected chi connectivity index (χ2v) is 10.5. The van der Waals surface area contributed by atoms with Crippen LogP contribution in [0.3, 0.4) is 0 Å². The van der Waals surface area contributed by atoms with Gasteiger partial charge in [-0.3, -0.25) is 4.79 Å². The van der Waals surface area contributed by atoms with Gasteiger partial charge in [0.15, 0.2) is 0 Å². The molecule has 0 N–H and O–H groups in total. The highest BCUT2D eigenvalue weighted by molar-refractivity contribution is 5.76. The Morgan fingerprint density at radius 1 is 1.08 bits per heavy atom. The Kier molecular flexibility index (Phi) is 7.24. The fourth-order valence-electron chi connectivity index (χ4n) is 5.75. The minimum Gasteiger partial charge on any atom is -0.458 e. The zero-order valence-electron chi connectivity index (χ0n) is 18.6. The fraction of sp³-hybridized carbons (Fsp3) is 0.958. The second kappa shape index (κ2) is 8.65. The first-order chi connectivity index (χ1) is 12.1. The van der Waals surface area contributed by atoms with Crippen LogP contribution < -0.4 is 0 Å². The van der Waals surface area contributed by atoms with Gasteiger partial charge in [-0.15, -0.1) is 0 Å². The van der Waals surface area contributed by atoms with Gasteiger partial charge in [0.1, 0.15) is 5.60 Å². The molecule has 0 heterocycles. The van der Waals surface area contributed by atoms with Gasteiger partial charge in [-0.2, -0.15) is 0 Å². The van der Waals surface area contributed by atoms with E-state index in [2.05, 4.69) is 34.6 Å². The Labute approximate surface area is 162 Å². The van der Waals surface area contributed by atoms with Crippen molar-refractivity contribution >= 4 is 5.97 Å². The first-order valence-electron chi connectivity index (χ1n) is 11.4. The minimum atomic E-state index is -0.382. The van der Waals surface area contributed by atoms with Gasteiger partial charge in [0, 0.05) is 5.92 Å². The van der Waals surface area contributed by atoms with Gasteiger partial charge >= 0.3 is 5.97 Å². The molecule has 0 radical (unpaired) electrons. The molecule has 0 aromatic rings. The smallest absolute Gasteiger partial charge is 0.312 e. The zero-order chi connectivity index (χ0) is 19.5. The molecule has 0 aromatic heterocycles. The maximum atomic E-state index is 13.1. The van der Waals surface area contributed by atoms with Crippen molar-refractivity contribution in [2.45, 2.75) is 112 Å². The summed E-state index contributed by atoms with van der Waals surface area (Å²) < 4.78 is 6.52. The molecule has 2 aliphatic carbocycles. The molecule has 0 bridgehead atoms. The van der Waals surface area contributed by atoms with Crippen molar-refractivity contribution in [2.24, 2.45) is 35.0 Å². The lowest BCUT2D eigenvalue weighted by atomic mass is 9.69. The van der Waals surface area contributed by atoms with E-state index in [0.29, 0.717) is 11.8 Å². The fourth-order valence-corrected chi connectivity index (χ4v) is 5.75. The van der Waals surface area contributed by atoms with Gasteiger partial charge in [0.25, 0.3) is 0 Å². The first-order valence-corrected chi connectivity index (χ1v) is 11.4. The van der Waals surface area contributed by atoms with E-state index in [1.54, 1.807) is 0 Å². The Morgan fingerprint density at radius 2 is 1.77 bits per heavy atom. The van der Waals surface area contributed by atoms with Crippen molar-refractivity contribution in [3.8, 4) is 0 Å². The number of esters is 1. The van der Waals surface area contributed by atoms with E-state index in [4.69, 9.17) is 4.74 Å². The summed E-state index contributed by atoms with van der Waals surface area (Å²) in [5, 5.41) is 0. The standard InChI is InChI=1S/C24H44O2/c1-8-23(6,7)22(25)26-24(9-2,16-17(3)4)21-12-10-11-20(21)19-14-13-18(5)15-19/h17-21H,8-16H2,1-7H3. The molecule has 0 saturated heterocycles. The predicted molar refractivity (Wildman–Crippen MR) is 110 cm³/mol. The van der Waals surface area contributed by atoms with Crippen molar-refractivity contribution in [1.29, 1.82) is 0 Å². The van der Waals surface area contributed by atoms with Gasteiger partial charge in [0.05, 0.1) is 5.41 Å². The number of carbonyl (C=O) groups excluding carboxylic acids is 1. The number of rotatable bonds is 8. The molecular weight excluding hydrogens is 320 g/mol. The molecular formula is C24H44O2. The van der Waals surface area contributed by atoms with Crippen molar-refractivity contribution in [2.75, 3.05) is 0 Å². The summed E-state index contributed by atoms with van der Waals surface area (Å²) in [5.41, 5.74) is -0.641. The molecule has 26 heavy (non-hydrogen) atoms. The second-order valence-electron chi connectivity index (χ2n) is 10.5. The molecule has 2 heteroatoms. The Balaban J connectivity index is 2.28. The highest BCUT2D eigenvalue weighted by Crippen LogP contribution is 2.52. The van der Waals surface area contributed by atoms with Crippen LogP contribution in [0.25, 0.3) is 0 Å². The summed E-state index contributed by atoms with van der Waals surface area (Å²) in [5.74, 6) is 3.62. The number of carbonyl (C=O) groups is 1. The average molecular weight is 365 g/mol. The van der Waals surface area contributed by atoms with Crippen LogP contribution in [0.4, 0.5) is 0 Å². The largest absolute Gasteiger partial charge is 0.458 e. The summed E-state index contributed by atoms with van der Waals surface area (Å²) in [6, 6.07) is 0. The minimum absolute atomic E-state index is 0.0212. The van der Waals surface area contributed by atoms with Crippen molar-refractivity contribution in [3.63, 3.8) is 0 Å². The molecule has 2 fully saturated rings. The van der Waals surface area contributed by atoms with Crippen LogP contribution in [0.2, 0.25) is 0 Å². The van der Waals surface area contributed by atoms with E-state index in [1.807, 2.05) is 13.8 Å². The first kappa shape index (κ1) is 21.8. The lowest BCUT2D eigenvalue weighted by Gasteiger charge is -2.45. The third-order valence-electron chi connectivity index (χ3n) is 7.67. The molecule has 0 spiro atoms. The number of ether oxygens (including phenoxy) is 1. The van der Waals surface area contributed by atoms with Crippen LogP contribution in [0, 0.1) is 35.0 Å². The molecule has 0 aliphatic heterocycles. The molecule has 152 valence electrons. The normalized spacial score (nSPS) is 32.0. The van der Waals surface area contributed by atoms with Crippen LogP contribution in [0.1, 0.15) is 106 Å². The van der Waals surface area contributed by atoms with E-state index in [-0.39, 0.29) is 17.0 Å². The topological polar surface area (TPSA) is 26.3 Å². The van der Waals surface area contributed by atoms with Gasteiger partial charge in [0.2, 0.25) is 0 Å². The van der Waals surface area contributed by atoms with Gasteiger partial charge < -0.3 is 4.74 Å². The molecule has 2 saturated carbocycles. The lowest BCUT2D eigenvalue weighted by molar-refractivity contribution is -0.183. The number of hydrogen-bond donors (Lipinski definition) is 0. The van der Waals surface area contributed by atoms with Crippen molar-refractivity contribution < 1.29 is 9.53 Å². The Bertz CT molecular complexity index is 467. The Hall–Kier alpha value is -0.530. The van der Waals surface area contributed by atoms with Crippen LogP contribution >= 0.6 is 0 Å². The zero-order valence-corrected chi connectivity index (χ0v) is 18.6. The van der Waals surface area contributed by atoms with E-state index in [1.165, 1.54) is 38.5 Å². The summed E-state index contributed by atoms with van der Waals surface area (Å²) in [6.45, 7) is 15.4. The predicted octanol–water partition coefficient (Wildman–Crippen LogP) is 7.01. The summed E-state index contributed by atoms with van der Waals surface area (Å²) in [6.07, 6.45) is 10.9. The average Bonchev–Trinajstić information content (AvgIpc) is 3.22. The third-order valence-corrected chi connectivity index (χ3v) is 7.67. The van der Waals surface area contributed by atoms with E-state index in [9.17, 15) is 4.79 Å². The van der Waals surface area contributed by atoms with Crippen LogP contribution in [0.5, 0.6) is 0 Å². The molecule has 2 nitrogen and oxygen atoms in total. The highest BCUT2D eigenvalue weighted by Gasteiger charge is 2.50. The lowest BCUT2D eigenvalue weighted by Crippen LogP contribution is -2.48. The SMILES string of the molecule is CCC(C)(C)C(=O)OC(CC)(CC(C)C)C1CCCC1C1CCC(C)C1. The van der Waals surface area contributed by atoms with E-state index in [0.717, 1.165) is 37.0 Å². The van der Waals surface area contributed by atoms with Gasteiger partial charge in [-0.25, -0.2) is 0 Å². The van der Waals surface area contributed by atoms with Crippen LogP contribution in [0.15, 0.2) is 0 Å². The van der Waals surface area contributed by atoms with Crippen LogP contribution in [-0.2, 0) is 9.53 Å². The summed E-state index contributed by atoms with van der Waals surface area (Å²) >= 11 is 0. The van der Waals surface area contributed by atoms with Gasteiger partial charge in [-0.05, 0) is 82.5 Å². The summed E-state index contributed by atoms with van der Waals surface area (Å²) in [4.78, 5) is 13.1. The molecule has 5 atom stereocenters. The molecule has 2 rings (SSSR count). The van der Waals surface area contributed by atoms with Gasteiger partial charge in [-0.1, -0.05) is 47.5 Å². The quantitative estimate of drug-likeness (QED) is 0.433. The third kappa shape index (κ3) is 4.65. The maximum absolute atomic E-state index is 13.1. The molecule has 2 aliphatic rings. The monoisotopic (exact) mass is 364 g/mol. The molecule has 0 aromatic carbocycles. The highest BCUT2D eigenvalue weighted by atomic mass is 16.6. The maximum Gasteiger partial charge on any atom is 0.312 e. The Morgan fingerprint density at radius 3 is 2.27 bits per heavy atom. The van der Waals surface area contributed by atoms with E-state index >= 15 is 0 Å². The summed E-state index contributed by atoms with van der Waals surface area (Å²) in [7, 11) is 0. The number of hydrogen-bond acceptors (Lipinski definition) is 2. The van der Waals surface area contributed by atoms with Crippen LogP contribution in [-0.4, -0.2) is 11.6 Å². The van der Waals surface area contributed by atoms with Crippen molar-refractivity contribution in [3.05, 3.63) is 0 Å². The molecule has 5 unspecified atom stereocenters. The van der Waals surface area contributed by atoms with Crippen molar-refractivity contribution in [1.82, 2.24) is 0 Å². The molecule has 0 amide bonds. The van der Waals surface area contributed by atoms with E-state index < -0.39 is 0 Å².